The van der Waals surface area contributed by atoms with E-state index in [9.17, 15) is 4.79 Å². The number of benzene rings is 1. The number of hydrogen-bond donors (Lipinski definition) is 0. The third kappa shape index (κ3) is 2.81. The van der Waals surface area contributed by atoms with E-state index in [0.29, 0.717) is 25.1 Å². The molecule has 88 valence electrons. The fourth-order valence-corrected chi connectivity index (χ4v) is 1.72. The molecule has 0 fully saturated rings. The largest absolute Gasteiger partial charge is 0.499 e. The maximum Gasteiger partial charge on any atom is 0.184 e. The minimum atomic E-state index is 0.0538. The SMILES string of the molecule is CCO/C=C1/N=C(c2ccccc2)CCC1=O. The van der Waals surface area contributed by atoms with Crippen LogP contribution in [0.15, 0.2) is 47.3 Å². The number of carbonyl (C=O) groups excluding carboxylic acids is 1. The van der Waals surface area contributed by atoms with Gasteiger partial charge in [-0.2, -0.15) is 0 Å². The zero-order valence-electron chi connectivity index (χ0n) is 9.85. The summed E-state index contributed by atoms with van der Waals surface area (Å²) in [6.07, 6.45) is 2.67. The first-order valence-corrected chi connectivity index (χ1v) is 5.79. The van der Waals surface area contributed by atoms with Gasteiger partial charge in [-0.1, -0.05) is 30.3 Å². The molecule has 3 heteroatoms. The van der Waals surface area contributed by atoms with Crippen LogP contribution in [-0.2, 0) is 9.53 Å². The maximum atomic E-state index is 11.6. The molecule has 1 aliphatic rings. The van der Waals surface area contributed by atoms with Crippen LogP contribution in [0.5, 0.6) is 0 Å². The van der Waals surface area contributed by atoms with E-state index in [1.165, 1.54) is 6.26 Å². The van der Waals surface area contributed by atoms with Crippen LogP contribution in [0.4, 0.5) is 0 Å². The lowest BCUT2D eigenvalue weighted by atomic mass is 10.00. The van der Waals surface area contributed by atoms with E-state index in [2.05, 4.69) is 4.99 Å². The number of carbonyl (C=O) groups is 1. The summed E-state index contributed by atoms with van der Waals surface area (Å²) in [5.41, 5.74) is 2.45. The molecule has 0 unspecified atom stereocenters. The zero-order valence-corrected chi connectivity index (χ0v) is 9.85. The van der Waals surface area contributed by atoms with E-state index in [-0.39, 0.29) is 5.78 Å². The molecule has 0 radical (unpaired) electrons. The monoisotopic (exact) mass is 229 g/mol. The molecule has 0 N–H and O–H groups in total. The highest BCUT2D eigenvalue weighted by Gasteiger charge is 2.18. The number of allylic oxidation sites excluding steroid dienone is 1. The van der Waals surface area contributed by atoms with Gasteiger partial charge in [-0.05, 0) is 18.9 Å². The zero-order chi connectivity index (χ0) is 12.1. The first kappa shape index (κ1) is 11.6. The van der Waals surface area contributed by atoms with Gasteiger partial charge >= 0.3 is 0 Å². The molecule has 0 atom stereocenters. The molecule has 1 aromatic carbocycles. The first-order chi connectivity index (χ1) is 8.31. The molecule has 0 saturated carbocycles. The molecule has 1 aliphatic heterocycles. The van der Waals surface area contributed by atoms with Gasteiger partial charge in [-0.25, -0.2) is 4.99 Å². The predicted octanol–water partition coefficient (Wildman–Crippen LogP) is 2.72. The van der Waals surface area contributed by atoms with E-state index >= 15 is 0 Å². The molecule has 0 saturated heterocycles. The van der Waals surface area contributed by atoms with Gasteiger partial charge in [0.1, 0.15) is 12.0 Å². The Balaban J connectivity index is 2.27. The van der Waals surface area contributed by atoms with E-state index in [4.69, 9.17) is 4.74 Å². The molecule has 0 aliphatic carbocycles. The van der Waals surface area contributed by atoms with Crippen molar-refractivity contribution in [2.45, 2.75) is 19.8 Å². The van der Waals surface area contributed by atoms with Crippen molar-refractivity contribution >= 4 is 11.5 Å². The molecule has 2 rings (SSSR count). The van der Waals surface area contributed by atoms with Gasteiger partial charge in [0.2, 0.25) is 0 Å². The van der Waals surface area contributed by atoms with Crippen LogP contribution in [0.3, 0.4) is 0 Å². The first-order valence-electron chi connectivity index (χ1n) is 5.79. The predicted molar refractivity (Wildman–Crippen MR) is 66.9 cm³/mol. The summed E-state index contributed by atoms with van der Waals surface area (Å²) in [7, 11) is 0. The number of aliphatic imine (C=N–C) groups is 1. The van der Waals surface area contributed by atoms with Gasteiger partial charge in [0.15, 0.2) is 5.78 Å². The van der Waals surface area contributed by atoms with Gasteiger partial charge in [-0.3, -0.25) is 4.79 Å². The number of nitrogens with zero attached hydrogens (tertiary/aromatic N) is 1. The van der Waals surface area contributed by atoms with Crippen LogP contribution < -0.4 is 0 Å². The second-order valence-corrected chi connectivity index (χ2v) is 3.81. The van der Waals surface area contributed by atoms with Crippen LogP contribution in [-0.4, -0.2) is 18.1 Å². The Morgan fingerprint density at radius 1 is 1.29 bits per heavy atom. The van der Waals surface area contributed by atoms with Crippen molar-refractivity contribution in [1.29, 1.82) is 0 Å². The summed E-state index contributed by atoms with van der Waals surface area (Å²) in [6, 6.07) is 9.93. The Morgan fingerprint density at radius 2 is 2.06 bits per heavy atom. The smallest absolute Gasteiger partial charge is 0.184 e. The van der Waals surface area contributed by atoms with E-state index in [1.54, 1.807) is 0 Å². The fourth-order valence-electron chi connectivity index (χ4n) is 1.72. The molecule has 17 heavy (non-hydrogen) atoms. The van der Waals surface area contributed by atoms with Crippen LogP contribution >= 0.6 is 0 Å². The molecule has 1 aromatic rings. The highest BCUT2D eigenvalue weighted by molar-refractivity contribution is 6.10. The summed E-state index contributed by atoms with van der Waals surface area (Å²) in [5, 5.41) is 0. The number of Topliss-reactive ketones (excluding diaryl/α,β-unsaturated/α-hetero) is 1. The van der Waals surface area contributed by atoms with Crippen LogP contribution in [0.25, 0.3) is 0 Å². The number of ketones is 1. The quantitative estimate of drug-likeness (QED) is 0.590. The molecule has 1 heterocycles. The van der Waals surface area contributed by atoms with Gasteiger partial charge < -0.3 is 4.74 Å². The normalized spacial score (nSPS) is 18.1. The molecular weight excluding hydrogens is 214 g/mol. The van der Waals surface area contributed by atoms with Crippen molar-refractivity contribution in [3.8, 4) is 0 Å². The Morgan fingerprint density at radius 3 is 2.76 bits per heavy atom. The average molecular weight is 229 g/mol. The Labute approximate surface area is 101 Å². The molecule has 0 aromatic heterocycles. The molecule has 3 nitrogen and oxygen atoms in total. The average Bonchev–Trinajstić information content (AvgIpc) is 2.39. The lowest BCUT2D eigenvalue weighted by Gasteiger charge is -2.13. The minimum absolute atomic E-state index is 0.0538. The second kappa shape index (κ2) is 5.43. The summed E-state index contributed by atoms with van der Waals surface area (Å²) in [6.45, 7) is 2.43. The van der Waals surface area contributed by atoms with Gasteiger partial charge in [0.05, 0.1) is 6.61 Å². The van der Waals surface area contributed by atoms with Crippen molar-refractivity contribution in [3.63, 3.8) is 0 Å². The van der Waals surface area contributed by atoms with Crippen molar-refractivity contribution in [2.75, 3.05) is 6.61 Å². The fraction of sp³-hybridized carbons (Fsp3) is 0.286. The van der Waals surface area contributed by atoms with Crippen molar-refractivity contribution < 1.29 is 9.53 Å². The Bertz CT molecular complexity index is 460. The molecule has 0 amide bonds. The van der Waals surface area contributed by atoms with Gasteiger partial charge in [0, 0.05) is 12.1 Å². The third-order valence-electron chi connectivity index (χ3n) is 2.60. The van der Waals surface area contributed by atoms with E-state index in [0.717, 1.165) is 11.3 Å². The Kier molecular flexibility index (Phi) is 3.70. The van der Waals surface area contributed by atoms with Crippen molar-refractivity contribution in [3.05, 3.63) is 47.9 Å². The standard InChI is InChI=1S/C14H15NO2/c1-2-17-10-13-14(16)9-8-12(15-13)11-6-4-3-5-7-11/h3-7,10H,2,8-9H2,1H3/b13-10+. The topological polar surface area (TPSA) is 38.7 Å². The van der Waals surface area contributed by atoms with Crippen LogP contribution in [0.1, 0.15) is 25.3 Å². The third-order valence-corrected chi connectivity index (χ3v) is 2.60. The highest BCUT2D eigenvalue weighted by Crippen LogP contribution is 2.18. The second-order valence-electron chi connectivity index (χ2n) is 3.81. The number of rotatable bonds is 3. The highest BCUT2D eigenvalue weighted by atomic mass is 16.5. The molecule has 0 bridgehead atoms. The summed E-state index contributed by atoms with van der Waals surface area (Å²) >= 11 is 0. The number of ether oxygens (including phenoxy) is 1. The van der Waals surface area contributed by atoms with Crippen molar-refractivity contribution in [2.24, 2.45) is 4.99 Å². The summed E-state index contributed by atoms with van der Waals surface area (Å²) < 4.78 is 5.14. The lowest BCUT2D eigenvalue weighted by molar-refractivity contribution is -0.115. The number of hydrogen-bond acceptors (Lipinski definition) is 3. The maximum absolute atomic E-state index is 11.6. The van der Waals surface area contributed by atoms with E-state index in [1.807, 2.05) is 37.3 Å². The Hall–Kier alpha value is -1.90. The minimum Gasteiger partial charge on any atom is -0.499 e. The van der Waals surface area contributed by atoms with Crippen LogP contribution in [0.2, 0.25) is 0 Å². The molecular formula is C14H15NO2. The van der Waals surface area contributed by atoms with Crippen molar-refractivity contribution in [1.82, 2.24) is 0 Å². The van der Waals surface area contributed by atoms with Gasteiger partial charge in [-0.15, -0.1) is 0 Å². The summed E-state index contributed by atoms with van der Waals surface area (Å²) in [5.74, 6) is 0.0538. The van der Waals surface area contributed by atoms with Gasteiger partial charge in [0.25, 0.3) is 0 Å². The molecule has 0 spiro atoms. The van der Waals surface area contributed by atoms with E-state index < -0.39 is 0 Å². The summed E-state index contributed by atoms with van der Waals surface area (Å²) in [4.78, 5) is 16.0. The lowest BCUT2D eigenvalue weighted by Crippen LogP contribution is -2.14. The van der Waals surface area contributed by atoms with Crippen LogP contribution in [0, 0.1) is 0 Å².